The van der Waals surface area contributed by atoms with Gasteiger partial charge in [0, 0.05) is 19.2 Å². The molecular formula is C13H23NO4. The summed E-state index contributed by atoms with van der Waals surface area (Å²) in [4.78, 5) is 0. The third kappa shape index (κ3) is 6.76. The fourth-order valence-corrected chi connectivity index (χ4v) is 1.59. The number of hydrogen-bond acceptors (Lipinski definition) is 5. The highest BCUT2D eigenvalue weighted by molar-refractivity contribution is 4.96. The van der Waals surface area contributed by atoms with E-state index in [-0.39, 0.29) is 19.3 Å². The Balaban J connectivity index is 2.01. The first kappa shape index (κ1) is 15.2. The van der Waals surface area contributed by atoms with Gasteiger partial charge >= 0.3 is 0 Å². The van der Waals surface area contributed by atoms with Gasteiger partial charge in [-0.3, -0.25) is 0 Å². The van der Waals surface area contributed by atoms with E-state index in [2.05, 4.69) is 5.32 Å². The number of nitrogens with one attached hydrogen (secondary N) is 1. The van der Waals surface area contributed by atoms with Crippen LogP contribution >= 0.6 is 0 Å². The van der Waals surface area contributed by atoms with Crippen molar-refractivity contribution < 1.29 is 19.4 Å². The average molecular weight is 257 g/mol. The maximum Gasteiger partial charge on any atom is 0.129 e. The van der Waals surface area contributed by atoms with Crippen molar-refractivity contribution in [3.63, 3.8) is 0 Å². The molecule has 0 bridgehead atoms. The maximum atomic E-state index is 9.68. The zero-order valence-corrected chi connectivity index (χ0v) is 10.8. The quantitative estimate of drug-likeness (QED) is 0.581. The number of ether oxygens (including phenoxy) is 1. The van der Waals surface area contributed by atoms with Crippen molar-refractivity contribution in [2.45, 2.75) is 38.5 Å². The lowest BCUT2D eigenvalue weighted by Crippen LogP contribution is -2.36. The molecule has 0 aromatic carbocycles. The van der Waals surface area contributed by atoms with Gasteiger partial charge in [-0.05, 0) is 31.9 Å². The van der Waals surface area contributed by atoms with Crippen LogP contribution in [0.2, 0.25) is 0 Å². The van der Waals surface area contributed by atoms with E-state index in [0.717, 1.165) is 18.6 Å². The minimum atomic E-state index is -0.531. The lowest BCUT2D eigenvalue weighted by atomic mass is 10.2. The zero-order chi connectivity index (χ0) is 13.2. The number of aliphatic hydroxyl groups is 2. The van der Waals surface area contributed by atoms with Crippen molar-refractivity contribution in [3.05, 3.63) is 24.2 Å². The van der Waals surface area contributed by atoms with Crippen molar-refractivity contribution in [3.8, 4) is 0 Å². The standard InChI is InChI=1S/C13H23NO4/c1-11(4-2-6-15)14-8-12(16)9-17-10-13-5-3-7-18-13/h3,5,7,11-12,14-16H,2,4,6,8-10H2,1H3. The largest absolute Gasteiger partial charge is 0.467 e. The molecule has 0 aliphatic heterocycles. The SMILES string of the molecule is CC(CCCO)NCC(O)COCc1ccco1. The van der Waals surface area contributed by atoms with Crippen molar-refractivity contribution in [2.75, 3.05) is 19.8 Å². The molecule has 3 N–H and O–H groups in total. The van der Waals surface area contributed by atoms with E-state index < -0.39 is 6.10 Å². The molecule has 104 valence electrons. The van der Waals surface area contributed by atoms with Gasteiger partial charge in [-0.25, -0.2) is 0 Å². The smallest absolute Gasteiger partial charge is 0.129 e. The maximum absolute atomic E-state index is 9.68. The van der Waals surface area contributed by atoms with Crippen molar-refractivity contribution >= 4 is 0 Å². The second-order valence-corrected chi connectivity index (χ2v) is 4.42. The van der Waals surface area contributed by atoms with E-state index in [9.17, 15) is 5.11 Å². The Hall–Kier alpha value is -0.880. The molecule has 0 fully saturated rings. The van der Waals surface area contributed by atoms with Crippen LogP contribution in [-0.4, -0.2) is 42.1 Å². The third-order valence-electron chi connectivity index (χ3n) is 2.63. The molecule has 18 heavy (non-hydrogen) atoms. The van der Waals surface area contributed by atoms with Gasteiger partial charge in [0.25, 0.3) is 0 Å². The molecule has 1 rings (SSSR count). The molecular weight excluding hydrogens is 234 g/mol. The highest BCUT2D eigenvalue weighted by Gasteiger charge is 2.07. The molecule has 5 heteroatoms. The lowest BCUT2D eigenvalue weighted by molar-refractivity contribution is 0.0216. The highest BCUT2D eigenvalue weighted by Crippen LogP contribution is 2.02. The van der Waals surface area contributed by atoms with Gasteiger partial charge in [0.2, 0.25) is 0 Å². The predicted octanol–water partition coefficient (Wildman–Crippen LogP) is 0.908. The molecule has 5 nitrogen and oxygen atoms in total. The minimum absolute atomic E-state index is 0.209. The second-order valence-electron chi connectivity index (χ2n) is 4.42. The monoisotopic (exact) mass is 257 g/mol. The molecule has 0 saturated heterocycles. The molecule has 0 amide bonds. The van der Waals surface area contributed by atoms with Crippen LogP contribution in [-0.2, 0) is 11.3 Å². The molecule has 0 spiro atoms. The van der Waals surface area contributed by atoms with Crippen LogP contribution in [0.3, 0.4) is 0 Å². The van der Waals surface area contributed by atoms with Crippen molar-refractivity contribution in [2.24, 2.45) is 0 Å². The molecule has 0 saturated carbocycles. The van der Waals surface area contributed by atoms with Crippen LogP contribution in [0.4, 0.5) is 0 Å². The van der Waals surface area contributed by atoms with Gasteiger partial charge < -0.3 is 24.7 Å². The Morgan fingerprint density at radius 3 is 3.00 bits per heavy atom. The first-order chi connectivity index (χ1) is 8.72. The van der Waals surface area contributed by atoms with E-state index in [0.29, 0.717) is 13.2 Å². The Kier molecular flexibility index (Phi) is 7.68. The van der Waals surface area contributed by atoms with Gasteiger partial charge in [0.1, 0.15) is 12.4 Å². The van der Waals surface area contributed by atoms with Gasteiger partial charge in [0.05, 0.1) is 19.0 Å². The summed E-state index contributed by atoms with van der Waals surface area (Å²) in [5, 5.41) is 21.6. The Morgan fingerprint density at radius 1 is 1.50 bits per heavy atom. The highest BCUT2D eigenvalue weighted by atomic mass is 16.5. The molecule has 2 atom stereocenters. The minimum Gasteiger partial charge on any atom is -0.467 e. The molecule has 1 aromatic rings. The van der Waals surface area contributed by atoms with E-state index in [1.807, 2.05) is 13.0 Å². The Labute approximate surface area is 108 Å². The number of aliphatic hydroxyl groups excluding tert-OH is 2. The summed E-state index contributed by atoms with van der Waals surface area (Å²) < 4.78 is 10.4. The first-order valence-electron chi connectivity index (χ1n) is 6.34. The fourth-order valence-electron chi connectivity index (χ4n) is 1.59. The van der Waals surface area contributed by atoms with Crippen molar-refractivity contribution in [1.29, 1.82) is 0 Å². The van der Waals surface area contributed by atoms with Crippen LogP contribution in [0.5, 0.6) is 0 Å². The van der Waals surface area contributed by atoms with Crippen LogP contribution in [0, 0.1) is 0 Å². The topological polar surface area (TPSA) is 74.9 Å². The predicted molar refractivity (Wildman–Crippen MR) is 68.2 cm³/mol. The third-order valence-corrected chi connectivity index (χ3v) is 2.63. The summed E-state index contributed by atoms with van der Waals surface area (Å²) in [5.74, 6) is 0.756. The molecule has 0 radical (unpaired) electrons. The van der Waals surface area contributed by atoms with Gasteiger partial charge in [-0.2, -0.15) is 0 Å². The summed E-state index contributed by atoms with van der Waals surface area (Å²) in [6.07, 6.45) is 2.74. The lowest BCUT2D eigenvalue weighted by Gasteiger charge is -2.16. The number of furan rings is 1. The normalized spacial score (nSPS) is 14.6. The van der Waals surface area contributed by atoms with E-state index >= 15 is 0 Å². The van der Waals surface area contributed by atoms with Gasteiger partial charge in [-0.15, -0.1) is 0 Å². The molecule has 2 unspecified atom stereocenters. The van der Waals surface area contributed by atoms with E-state index in [4.69, 9.17) is 14.3 Å². The average Bonchev–Trinajstić information content (AvgIpc) is 2.87. The van der Waals surface area contributed by atoms with Gasteiger partial charge in [0.15, 0.2) is 0 Å². The van der Waals surface area contributed by atoms with Gasteiger partial charge in [-0.1, -0.05) is 0 Å². The summed E-state index contributed by atoms with van der Waals surface area (Å²) in [7, 11) is 0. The summed E-state index contributed by atoms with van der Waals surface area (Å²) in [6, 6.07) is 3.93. The second kappa shape index (κ2) is 9.10. The Bertz CT molecular complexity index is 289. The fraction of sp³-hybridized carbons (Fsp3) is 0.692. The molecule has 0 aliphatic carbocycles. The Morgan fingerprint density at radius 2 is 2.33 bits per heavy atom. The molecule has 1 heterocycles. The van der Waals surface area contributed by atoms with Crippen LogP contribution in [0.1, 0.15) is 25.5 Å². The van der Waals surface area contributed by atoms with Crippen LogP contribution < -0.4 is 5.32 Å². The van der Waals surface area contributed by atoms with E-state index in [1.165, 1.54) is 0 Å². The first-order valence-corrected chi connectivity index (χ1v) is 6.34. The summed E-state index contributed by atoms with van der Waals surface area (Å²) in [5.41, 5.74) is 0. The number of hydrogen-bond donors (Lipinski definition) is 3. The van der Waals surface area contributed by atoms with E-state index in [1.54, 1.807) is 12.3 Å². The number of rotatable bonds is 10. The molecule has 0 aliphatic rings. The zero-order valence-electron chi connectivity index (χ0n) is 10.8. The van der Waals surface area contributed by atoms with Crippen LogP contribution in [0.15, 0.2) is 22.8 Å². The van der Waals surface area contributed by atoms with Crippen LogP contribution in [0.25, 0.3) is 0 Å². The van der Waals surface area contributed by atoms with Crippen molar-refractivity contribution in [1.82, 2.24) is 5.32 Å². The summed E-state index contributed by atoms with van der Waals surface area (Å²) >= 11 is 0. The summed E-state index contributed by atoms with van der Waals surface area (Å²) in [6.45, 7) is 3.39. The molecule has 1 aromatic heterocycles.